The Bertz CT molecular complexity index is 579. The van der Waals surface area contributed by atoms with E-state index in [2.05, 4.69) is 34.6 Å². The van der Waals surface area contributed by atoms with E-state index in [4.69, 9.17) is 17.4 Å². The number of rotatable bonds is 3. The average Bonchev–Trinajstić information content (AvgIpc) is 2.38. The summed E-state index contributed by atoms with van der Waals surface area (Å²) < 4.78 is 64.8. The molecule has 0 saturated heterocycles. The predicted molar refractivity (Wildman–Crippen MR) is 76.5 cm³/mol. The van der Waals surface area contributed by atoms with Crippen molar-refractivity contribution >= 4 is 10.1 Å². The highest BCUT2D eigenvalue weighted by Gasteiger charge is 2.36. The van der Waals surface area contributed by atoms with Crippen LogP contribution in [0.2, 0.25) is 0 Å². The zero-order valence-corrected chi connectivity index (χ0v) is 14.1. The minimum Gasteiger partial charge on any atom is -0.741 e. The first-order valence-electron chi connectivity index (χ1n) is 6.86. The van der Waals surface area contributed by atoms with Crippen LogP contribution in [0, 0.1) is 13.8 Å². The maximum absolute atomic E-state index is 10.7. The zero-order valence-electron chi connectivity index (χ0n) is 13.3. The van der Waals surface area contributed by atoms with Crippen molar-refractivity contribution in [2.24, 2.45) is 0 Å². The second-order valence-corrected chi connectivity index (χ2v) is 6.01. The SMILES string of the molecule is CCc1[o+]c(CC)[13c]([13CH3])c([13CH2][13CH3])[13c]1[13CH3].O=S(=O)([O-])C(F)(F)F. The lowest BCUT2D eigenvalue weighted by Crippen LogP contribution is -2.21. The maximum atomic E-state index is 10.7. The highest BCUT2D eigenvalue weighted by Crippen LogP contribution is 2.24. The fourth-order valence-electron chi connectivity index (χ4n) is 2.12. The van der Waals surface area contributed by atoms with Crippen LogP contribution in [0.3, 0.4) is 0 Å². The molecule has 0 unspecified atom stereocenters. The Morgan fingerprint density at radius 1 is 0.955 bits per heavy atom. The van der Waals surface area contributed by atoms with Crippen LogP contribution in [-0.2, 0) is 29.4 Å². The molecule has 8 heteroatoms. The standard InChI is InChI=1S/C13H21O.CHF3O3S/c1-6-11-9(4)12(7-2)14-13(8-3)10(11)5;2-1(3,4)8(5,6)7/h6-8H2,1-5H3;(H,5,6,7)/q+1;/p-1/i1+1,4+1,5+1,6+1,9+1,10+1;. The van der Waals surface area contributed by atoms with Crippen LogP contribution < -0.4 is 0 Å². The van der Waals surface area contributed by atoms with E-state index in [1.54, 1.807) is 0 Å². The lowest BCUT2D eigenvalue weighted by Gasteiger charge is -2.08. The van der Waals surface area contributed by atoms with Crippen LogP contribution in [0.1, 0.15) is 49.0 Å². The number of hydrogen-bond donors (Lipinski definition) is 0. The smallest absolute Gasteiger partial charge is 0.485 e. The molecule has 0 bridgehead atoms. The van der Waals surface area contributed by atoms with Crippen LogP contribution in [0.4, 0.5) is 13.2 Å². The Morgan fingerprint density at radius 3 is 1.45 bits per heavy atom. The Morgan fingerprint density at radius 2 is 1.27 bits per heavy atom. The van der Waals surface area contributed by atoms with Gasteiger partial charge in [-0.3, -0.25) is 0 Å². The summed E-state index contributed by atoms with van der Waals surface area (Å²) in [5, 5.41) is 0. The minimum atomic E-state index is -6.09. The van der Waals surface area contributed by atoms with Crippen LogP contribution in [0.5, 0.6) is 0 Å². The first-order chi connectivity index (χ1) is 9.90. The van der Waals surface area contributed by atoms with Crippen molar-refractivity contribution in [1.82, 2.24) is 0 Å². The fraction of sp³-hybridized carbons (Fsp3) is 0.643. The summed E-state index contributed by atoms with van der Waals surface area (Å²) in [6.45, 7) is 10.9. The quantitative estimate of drug-likeness (QED) is 0.359. The first-order valence-corrected chi connectivity index (χ1v) is 8.27. The lowest BCUT2D eigenvalue weighted by atomic mass is 10.3. The van der Waals surface area contributed by atoms with Gasteiger partial charge in [0.15, 0.2) is 10.1 Å². The molecule has 0 N–H and O–H groups in total. The monoisotopic (exact) mass is 348 g/mol. The number of halogens is 3. The van der Waals surface area contributed by atoms with Gasteiger partial charge in [-0.15, -0.1) is 0 Å². The molecule has 1 aromatic heterocycles. The molecular formula is C14H21F3O4S. The minimum absolute atomic E-state index is 0.992. The third kappa shape index (κ3) is 5.24. The summed E-state index contributed by atoms with van der Waals surface area (Å²) >= 11 is 0. The molecule has 4 nitrogen and oxygen atoms in total. The summed E-state index contributed by atoms with van der Waals surface area (Å²) in [5.74, 6) is 2.31. The van der Waals surface area contributed by atoms with Gasteiger partial charge in [0, 0.05) is 0 Å². The van der Waals surface area contributed by atoms with Crippen molar-refractivity contribution in [2.45, 2.75) is 59.4 Å². The van der Waals surface area contributed by atoms with Gasteiger partial charge in [0.1, 0.15) is 0 Å². The molecule has 0 aliphatic heterocycles. The molecule has 0 atom stereocenters. The van der Waals surface area contributed by atoms with Gasteiger partial charge in [0.2, 0.25) is 0 Å². The third-order valence-corrected chi connectivity index (χ3v) is 3.83. The van der Waals surface area contributed by atoms with Gasteiger partial charge in [0.05, 0.1) is 24.0 Å². The lowest BCUT2D eigenvalue weighted by molar-refractivity contribution is -0.0517. The van der Waals surface area contributed by atoms with Crippen LogP contribution in [0.25, 0.3) is 0 Å². The van der Waals surface area contributed by atoms with Gasteiger partial charge in [0.25, 0.3) is 0 Å². The molecule has 128 valence electrons. The van der Waals surface area contributed by atoms with Gasteiger partial charge in [-0.1, -0.05) is 20.8 Å². The van der Waals surface area contributed by atoms with E-state index in [1.807, 2.05) is 0 Å². The van der Waals surface area contributed by atoms with E-state index >= 15 is 0 Å². The zero-order chi connectivity index (χ0) is 17.7. The van der Waals surface area contributed by atoms with Crippen LogP contribution >= 0.6 is 0 Å². The summed E-state index contributed by atoms with van der Waals surface area (Å²) in [5.41, 5.74) is -1.47. The topological polar surface area (TPSA) is 68.5 Å². The van der Waals surface area contributed by atoms with Crippen molar-refractivity contribution in [2.75, 3.05) is 0 Å². The van der Waals surface area contributed by atoms with Crippen molar-refractivity contribution < 1.29 is 30.6 Å². The molecule has 0 fully saturated rings. The van der Waals surface area contributed by atoms with Crippen molar-refractivity contribution in [1.29, 1.82) is 0 Å². The van der Waals surface area contributed by atoms with Crippen LogP contribution in [0.15, 0.2) is 4.42 Å². The fourth-order valence-corrected chi connectivity index (χ4v) is 2.12. The second kappa shape index (κ2) is 7.92. The van der Waals surface area contributed by atoms with Crippen molar-refractivity contribution in [3.05, 3.63) is 28.2 Å². The third-order valence-electron chi connectivity index (χ3n) is 3.27. The van der Waals surface area contributed by atoms with Crippen molar-refractivity contribution in [3.63, 3.8) is 0 Å². The largest absolute Gasteiger partial charge is 0.741 e. The number of alkyl halides is 3. The van der Waals surface area contributed by atoms with Crippen LogP contribution in [-0.4, -0.2) is 18.5 Å². The summed E-state index contributed by atoms with van der Waals surface area (Å²) in [7, 11) is -6.09. The molecule has 1 aromatic rings. The molecule has 0 radical (unpaired) electrons. The van der Waals surface area contributed by atoms with E-state index in [-0.39, 0.29) is 0 Å². The van der Waals surface area contributed by atoms with E-state index < -0.39 is 15.6 Å². The molecule has 0 saturated carbocycles. The summed E-state index contributed by atoms with van der Waals surface area (Å²) in [6, 6.07) is 0. The van der Waals surface area contributed by atoms with E-state index in [0.717, 1.165) is 30.8 Å². The maximum Gasteiger partial charge on any atom is 0.485 e. The normalized spacial score (nSPS) is 11.9. The molecule has 0 spiro atoms. The molecule has 22 heavy (non-hydrogen) atoms. The molecule has 0 aromatic carbocycles. The van der Waals surface area contributed by atoms with Gasteiger partial charge >= 0.3 is 17.0 Å². The molecule has 0 aliphatic rings. The average molecular weight is 348 g/mol. The summed E-state index contributed by atoms with van der Waals surface area (Å²) in [6.07, 6.45) is 3.09. The molecule has 0 amide bonds. The van der Waals surface area contributed by atoms with Crippen molar-refractivity contribution in [3.8, 4) is 0 Å². The molecule has 0 aliphatic carbocycles. The number of hydrogen-bond acceptors (Lipinski definition) is 3. The highest BCUT2D eigenvalue weighted by molar-refractivity contribution is 7.86. The summed E-state index contributed by atoms with van der Waals surface area (Å²) in [4.78, 5) is 0. The van der Waals surface area contributed by atoms with Gasteiger partial charge < -0.3 is 4.55 Å². The van der Waals surface area contributed by atoms with Gasteiger partial charge in [-0.2, -0.15) is 13.2 Å². The number of aryl methyl sites for hydroxylation is 2. The molecule has 1 rings (SSSR count). The predicted octanol–water partition coefficient (Wildman–Crippen LogP) is 3.92. The van der Waals surface area contributed by atoms with E-state index in [9.17, 15) is 13.2 Å². The Labute approximate surface area is 129 Å². The first kappa shape index (κ1) is 20.9. The molecule has 1 heterocycles. The second-order valence-electron chi connectivity index (χ2n) is 4.64. The Balaban J connectivity index is 0.000000472. The van der Waals surface area contributed by atoms with Gasteiger partial charge in [-0.25, -0.2) is 12.8 Å². The molecular weight excluding hydrogens is 327 g/mol. The Kier molecular flexibility index (Phi) is 7.50. The van der Waals surface area contributed by atoms with Gasteiger partial charge in [-0.05, 0) is 25.8 Å². The highest BCUT2D eigenvalue weighted by atomic mass is 32.2. The van der Waals surface area contributed by atoms with E-state index in [0.29, 0.717) is 0 Å². The van der Waals surface area contributed by atoms with E-state index in [1.165, 1.54) is 16.7 Å². The Hall–Kier alpha value is -1.15.